The van der Waals surface area contributed by atoms with E-state index in [0.29, 0.717) is 6.61 Å². The maximum absolute atomic E-state index is 10.4. The standard InChI is InChI=1S/C33H60O4/c1-25(2)18-16-14-12-10-11-13-15-17-19-37-30(33(22-34,23-35)24-36)29-27(31(4,5)6)20-26(3)21-28(29)32(7,8)9/h20-21,25,30,34-36H,10-19,22-24H2,1-9H3. The summed E-state index contributed by atoms with van der Waals surface area (Å²) in [6.45, 7) is 19.4. The zero-order valence-electron chi connectivity index (χ0n) is 25.8. The molecular weight excluding hydrogens is 460 g/mol. The lowest BCUT2D eigenvalue weighted by atomic mass is 9.69. The fourth-order valence-corrected chi connectivity index (χ4v) is 5.20. The van der Waals surface area contributed by atoms with E-state index >= 15 is 0 Å². The summed E-state index contributed by atoms with van der Waals surface area (Å²) < 4.78 is 6.58. The van der Waals surface area contributed by atoms with Crippen molar-refractivity contribution >= 4 is 0 Å². The Bertz CT molecular complexity index is 722. The second-order valence-corrected chi connectivity index (χ2v) is 13.9. The van der Waals surface area contributed by atoms with Gasteiger partial charge in [0.2, 0.25) is 0 Å². The van der Waals surface area contributed by atoms with Crippen molar-refractivity contribution in [1.82, 2.24) is 0 Å². The Morgan fingerprint density at radius 1 is 0.676 bits per heavy atom. The number of aliphatic hydroxyl groups excluding tert-OH is 3. The quantitative estimate of drug-likeness (QED) is 0.183. The van der Waals surface area contributed by atoms with Gasteiger partial charge in [-0.15, -0.1) is 0 Å². The average molecular weight is 521 g/mol. The normalized spacial score (nSPS) is 14.0. The monoisotopic (exact) mass is 520 g/mol. The molecule has 1 unspecified atom stereocenters. The molecule has 0 aliphatic heterocycles. The highest BCUT2D eigenvalue weighted by atomic mass is 16.5. The van der Waals surface area contributed by atoms with Gasteiger partial charge < -0.3 is 20.1 Å². The smallest absolute Gasteiger partial charge is 0.0953 e. The first-order valence-electron chi connectivity index (χ1n) is 14.8. The number of hydrogen-bond acceptors (Lipinski definition) is 4. The molecule has 0 aliphatic rings. The zero-order valence-corrected chi connectivity index (χ0v) is 25.8. The number of hydrogen-bond donors (Lipinski definition) is 3. The molecule has 0 spiro atoms. The molecule has 1 atom stereocenters. The molecular formula is C33H60O4. The van der Waals surface area contributed by atoms with Crippen LogP contribution >= 0.6 is 0 Å². The lowest BCUT2D eigenvalue weighted by Crippen LogP contribution is -2.43. The lowest BCUT2D eigenvalue weighted by molar-refractivity contribution is -0.118. The van der Waals surface area contributed by atoms with Crippen LogP contribution in [0.25, 0.3) is 0 Å². The van der Waals surface area contributed by atoms with Crippen LogP contribution in [0.1, 0.15) is 142 Å². The van der Waals surface area contributed by atoms with Gasteiger partial charge in [-0.25, -0.2) is 0 Å². The summed E-state index contributed by atoms with van der Waals surface area (Å²) in [5, 5.41) is 31.3. The molecule has 1 aromatic rings. The van der Waals surface area contributed by atoms with Gasteiger partial charge >= 0.3 is 0 Å². The van der Waals surface area contributed by atoms with Gasteiger partial charge in [0.1, 0.15) is 0 Å². The van der Waals surface area contributed by atoms with Gasteiger partial charge in [0, 0.05) is 6.61 Å². The van der Waals surface area contributed by atoms with Gasteiger partial charge in [-0.1, -0.05) is 124 Å². The summed E-state index contributed by atoms with van der Waals surface area (Å²) in [5.74, 6) is 0.809. The Labute approximate surface area is 229 Å². The second kappa shape index (κ2) is 15.6. The maximum Gasteiger partial charge on any atom is 0.0953 e. The predicted octanol–water partition coefficient (Wildman–Crippen LogP) is 7.78. The van der Waals surface area contributed by atoms with Crippen LogP contribution in [0.4, 0.5) is 0 Å². The first-order valence-corrected chi connectivity index (χ1v) is 14.8. The average Bonchev–Trinajstić information content (AvgIpc) is 2.80. The molecule has 1 aromatic carbocycles. The molecule has 0 saturated heterocycles. The van der Waals surface area contributed by atoms with E-state index in [4.69, 9.17) is 4.74 Å². The van der Waals surface area contributed by atoms with Gasteiger partial charge in [0.15, 0.2) is 0 Å². The van der Waals surface area contributed by atoms with Crippen LogP contribution in [0.15, 0.2) is 12.1 Å². The van der Waals surface area contributed by atoms with Crippen molar-refractivity contribution in [2.75, 3.05) is 26.4 Å². The number of benzene rings is 1. The fraction of sp³-hybridized carbons (Fsp3) is 0.818. The van der Waals surface area contributed by atoms with E-state index in [-0.39, 0.29) is 30.7 Å². The maximum atomic E-state index is 10.4. The van der Waals surface area contributed by atoms with Crippen molar-refractivity contribution in [2.24, 2.45) is 11.3 Å². The fourth-order valence-electron chi connectivity index (χ4n) is 5.20. The van der Waals surface area contributed by atoms with E-state index < -0.39 is 11.5 Å². The molecule has 0 aliphatic carbocycles. The molecule has 0 bridgehead atoms. The summed E-state index contributed by atoms with van der Waals surface area (Å²) in [6, 6.07) is 4.41. The van der Waals surface area contributed by atoms with E-state index in [1.54, 1.807) is 0 Å². The Balaban J connectivity index is 3.06. The molecule has 4 nitrogen and oxygen atoms in total. The molecule has 1 rings (SSSR count). The molecule has 216 valence electrons. The van der Waals surface area contributed by atoms with E-state index in [1.165, 1.54) is 50.5 Å². The van der Waals surface area contributed by atoms with Crippen molar-refractivity contribution in [3.63, 3.8) is 0 Å². The summed E-state index contributed by atoms with van der Waals surface area (Å²) in [5.41, 5.74) is 3.02. The number of aryl methyl sites for hydroxylation is 1. The summed E-state index contributed by atoms with van der Waals surface area (Å²) in [6.07, 6.45) is 10.6. The highest BCUT2D eigenvalue weighted by molar-refractivity contribution is 5.47. The van der Waals surface area contributed by atoms with Gasteiger partial charge in [-0.3, -0.25) is 0 Å². The lowest BCUT2D eigenvalue weighted by Gasteiger charge is -2.42. The summed E-state index contributed by atoms with van der Waals surface area (Å²) in [4.78, 5) is 0. The second-order valence-electron chi connectivity index (χ2n) is 13.9. The van der Waals surface area contributed by atoms with Crippen molar-refractivity contribution in [2.45, 2.75) is 137 Å². The van der Waals surface area contributed by atoms with Gasteiger partial charge in [-0.2, -0.15) is 0 Å². The molecule has 0 aromatic heterocycles. The predicted molar refractivity (Wildman–Crippen MR) is 157 cm³/mol. The Kier molecular flexibility index (Phi) is 14.4. The summed E-state index contributed by atoms with van der Waals surface area (Å²) >= 11 is 0. The van der Waals surface area contributed by atoms with Crippen molar-refractivity contribution in [3.05, 3.63) is 34.4 Å². The largest absolute Gasteiger partial charge is 0.395 e. The highest BCUT2D eigenvalue weighted by Crippen LogP contribution is 2.46. The highest BCUT2D eigenvalue weighted by Gasteiger charge is 2.44. The van der Waals surface area contributed by atoms with E-state index in [1.807, 2.05) is 0 Å². The Morgan fingerprint density at radius 3 is 1.46 bits per heavy atom. The zero-order chi connectivity index (χ0) is 28.3. The molecule has 0 fully saturated rings. The number of ether oxygens (including phenoxy) is 1. The van der Waals surface area contributed by atoms with Crippen LogP contribution in [-0.4, -0.2) is 41.7 Å². The molecule has 0 radical (unpaired) electrons. The number of aliphatic hydroxyl groups is 3. The van der Waals surface area contributed by atoms with E-state index in [0.717, 1.165) is 35.4 Å². The molecule has 4 heteroatoms. The third-order valence-corrected chi connectivity index (χ3v) is 7.66. The van der Waals surface area contributed by atoms with Crippen LogP contribution in [0.5, 0.6) is 0 Å². The van der Waals surface area contributed by atoms with Crippen LogP contribution < -0.4 is 0 Å². The minimum absolute atomic E-state index is 0.162. The molecule has 37 heavy (non-hydrogen) atoms. The van der Waals surface area contributed by atoms with Crippen molar-refractivity contribution < 1.29 is 20.1 Å². The van der Waals surface area contributed by atoms with Gasteiger partial charge in [0.25, 0.3) is 0 Å². The topological polar surface area (TPSA) is 69.9 Å². The summed E-state index contributed by atoms with van der Waals surface area (Å²) in [7, 11) is 0. The van der Waals surface area contributed by atoms with Crippen molar-refractivity contribution in [3.8, 4) is 0 Å². The third-order valence-electron chi connectivity index (χ3n) is 7.66. The van der Waals surface area contributed by atoms with Crippen LogP contribution in [0.3, 0.4) is 0 Å². The van der Waals surface area contributed by atoms with Crippen LogP contribution in [0, 0.1) is 18.3 Å². The van der Waals surface area contributed by atoms with E-state index in [2.05, 4.69) is 74.4 Å². The number of unbranched alkanes of at least 4 members (excludes halogenated alkanes) is 7. The van der Waals surface area contributed by atoms with Crippen LogP contribution in [0.2, 0.25) is 0 Å². The molecule has 0 amide bonds. The van der Waals surface area contributed by atoms with Gasteiger partial charge in [0.05, 0.1) is 31.3 Å². The minimum Gasteiger partial charge on any atom is -0.395 e. The molecule has 0 saturated carbocycles. The van der Waals surface area contributed by atoms with E-state index in [9.17, 15) is 15.3 Å². The third kappa shape index (κ3) is 10.6. The Hall–Kier alpha value is -0.940. The first-order chi connectivity index (χ1) is 17.2. The SMILES string of the molecule is Cc1cc(C(C)(C)C)c(C(OCCCCCCCCCCC(C)C)C(CO)(CO)CO)c(C(C)(C)C)c1. The first kappa shape index (κ1) is 34.1. The minimum atomic E-state index is -1.16. The van der Waals surface area contributed by atoms with Crippen molar-refractivity contribution in [1.29, 1.82) is 0 Å². The van der Waals surface area contributed by atoms with Crippen LogP contribution in [-0.2, 0) is 15.6 Å². The number of rotatable bonds is 17. The molecule has 3 N–H and O–H groups in total. The molecule has 0 heterocycles. The Morgan fingerprint density at radius 2 is 1.08 bits per heavy atom. The van der Waals surface area contributed by atoms with Gasteiger partial charge in [-0.05, 0) is 46.8 Å².